The molecule has 0 aromatic heterocycles. The zero-order valence-electron chi connectivity index (χ0n) is 17.6. The highest BCUT2D eigenvalue weighted by Crippen LogP contribution is 2.36. The minimum Gasteiger partial charge on any atom is -0.313 e. The second-order valence-electron chi connectivity index (χ2n) is 9.01. The summed E-state index contributed by atoms with van der Waals surface area (Å²) in [6, 6.07) is 0. The van der Waals surface area contributed by atoms with Crippen LogP contribution >= 0.6 is 0 Å². The van der Waals surface area contributed by atoms with E-state index in [1.807, 2.05) is 13.8 Å². The predicted molar refractivity (Wildman–Crippen MR) is 105 cm³/mol. The topological polar surface area (TPSA) is 104 Å². The summed E-state index contributed by atoms with van der Waals surface area (Å²) in [5.74, 6) is 1.13. The molecule has 0 heterocycles. The van der Waals surface area contributed by atoms with Gasteiger partial charge in [0.15, 0.2) is 0 Å². The average Bonchev–Trinajstić information content (AvgIpc) is 2.35. The molecule has 0 aliphatic rings. The van der Waals surface area contributed by atoms with Gasteiger partial charge in [-0.05, 0) is 36.5 Å². The maximum Gasteiger partial charge on any atom is 0.0662 e. The zero-order chi connectivity index (χ0) is 19.3. The molecule has 0 radical (unpaired) electrons. The molecular formula is C19H46N4. The van der Waals surface area contributed by atoms with E-state index in [1.165, 1.54) is 12.8 Å². The maximum absolute atomic E-state index is 5.92. The van der Waals surface area contributed by atoms with E-state index in [-0.39, 0.29) is 10.8 Å². The Morgan fingerprint density at radius 1 is 0.652 bits per heavy atom. The Morgan fingerprint density at radius 2 is 0.957 bits per heavy atom. The summed E-state index contributed by atoms with van der Waals surface area (Å²) >= 11 is 0. The first kappa shape index (κ1) is 25.1. The highest BCUT2D eigenvalue weighted by Gasteiger charge is 2.38. The van der Waals surface area contributed by atoms with Crippen LogP contribution in [0, 0.1) is 22.7 Å². The summed E-state index contributed by atoms with van der Waals surface area (Å²) in [5.41, 5.74) is 22.4. The fraction of sp³-hybridized carbons (Fsp3) is 1.00. The molecule has 0 aromatic rings. The second-order valence-corrected chi connectivity index (χ2v) is 9.01. The number of rotatable bonds is 7. The molecule has 142 valence electrons. The summed E-state index contributed by atoms with van der Waals surface area (Å²) in [7, 11) is 0. The van der Waals surface area contributed by atoms with E-state index in [2.05, 4.69) is 55.4 Å². The van der Waals surface area contributed by atoms with E-state index in [4.69, 9.17) is 22.9 Å². The highest BCUT2D eigenvalue weighted by atomic mass is 15.0. The quantitative estimate of drug-likeness (QED) is 0.533. The van der Waals surface area contributed by atoms with Crippen molar-refractivity contribution in [2.45, 2.75) is 99.8 Å². The van der Waals surface area contributed by atoms with Crippen LogP contribution in [0.5, 0.6) is 0 Å². The van der Waals surface area contributed by atoms with Crippen LogP contribution in [0.1, 0.15) is 88.5 Å². The van der Waals surface area contributed by atoms with E-state index in [9.17, 15) is 0 Å². The fourth-order valence-corrected chi connectivity index (χ4v) is 2.37. The molecule has 2 atom stereocenters. The van der Waals surface area contributed by atoms with Crippen LogP contribution in [0.3, 0.4) is 0 Å². The number of nitrogens with two attached hydrogens (primary N) is 4. The van der Waals surface area contributed by atoms with Crippen molar-refractivity contribution >= 4 is 0 Å². The van der Waals surface area contributed by atoms with Crippen molar-refractivity contribution < 1.29 is 0 Å². The van der Waals surface area contributed by atoms with Crippen LogP contribution in [-0.2, 0) is 0 Å². The lowest BCUT2D eigenvalue weighted by molar-refractivity contribution is 0.103. The first-order valence-electron chi connectivity index (χ1n) is 9.12. The molecule has 0 amide bonds. The van der Waals surface area contributed by atoms with Crippen molar-refractivity contribution in [3.8, 4) is 0 Å². The van der Waals surface area contributed by atoms with Gasteiger partial charge in [0, 0.05) is 0 Å². The number of hydrogen-bond donors (Lipinski definition) is 4. The van der Waals surface area contributed by atoms with Gasteiger partial charge in [-0.2, -0.15) is 0 Å². The summed E-state index contributed by atoms with van der Waals surface area (Å²) in [4.78, 5) is 0. The Kier molecular flexibility index (Phi) is 9.59. The van der Waals surface area contributed by atoms with Crippen molar-refractivity contribution in [3.63, 3.8) is 0 Å². The minimum absolute atomic E-state index is 0.00174. The van der Waals surface area contributed by atoms with Crippen LogP contribution in [0.2, 0.25) is 0 Å². The fourth-order valence-electron chi connectivity index (χ4n) is 2.37. The average molecular weight is 331 g/mol. The molecular weight excluding hydrogens is 284 g/mol. The van der Waals surface area contributed by atoms with Gasteiger partial charge >= 0.3 is 0 Å². The van der Waals surface area contributed by atoms with Crippen molar-refractivity contribution in [2.75, 3.05) is 0 Å². The minimum atomic E-state index is -0.582. The third-order valence-corrected chi connectivity index (χ3v) is 6.57. The van der Waals surface area contributed by atoms with Crippen molar-refractivity contribution in [2.24, 2.45) is 45.6 Å². The summed E-state index contributed by atoms with van der Waals surface area (Å²) < 4.78 is 0. The van der Waals surface area contributed by atoms with E-state index in [1.54, 1.807) is 0 Å². The Balaban J connectivity index is 0. The molecule has 4 heteroatoms. The molecule has 0 rings (SSSR count). The van der Waals surface area contributed by atoms with Crippen LogP contribution in [0.15, 0.2) is 0 Å². The van der Waals surface area contributed by atoms with E-state index >= 15 is 0 Å². The Labute approximate surface area is 146 Å². The van der Waals surface area contributed by atoms with Crippen molar-refractivity contribution in [1.82, 2.24) is 0 Å². The standard InChI is InChI=1S/C10H24N2.C9H22N2/c1-6-7-8(2)9(3,4)10(5,11)12;1-6-7(2)8(3,4)9(5,10)11/h8H,6-7,11-12H2,1-5H3;7H,6,10-11H2,1-5H3. The Bertz CT molecular complexity index is 321. The van der Waals surface area contributed by atoms with Gasteiger partial charge in [-0.15, -0.1) is 0 Å². The summed E-state index contributed by atoms with van der Waals surface area (Å²) in [5, 5.41) is 0. The molecule has 4 nitrogen and oxygen atoms in total. The zero-order valence-corrected chi connectivity index (χ0v) is 17.6. The van der Waals surface area contributed by atoms with Gasteiger partial charge in [-0.3, -0.25) is 0 Å². The molecule has 0 bridgehead atoms. The van der Waals surface area contributed by atoms with Gasteiger partial charge in [0.1, 0.15) is 0 Å². The molecule has 0 aliphatic heterocycles. The lowest BCUT2D eigenvalue weighted by Crippen LogP contribution is -2.60. The van der Waals surface area contributed by atoms with Gasteiger partial charge in [0.2, 0.25) is 0 Å². The monoisotopic (exact) mass is 330 g/mol. The lowest BCUT2D eigenvalue weighted by atomic mass is 9.69. The van der Waals surface area contributed by atoms with Crippen LogP contribution in [-0.4, -0.2) is 11.3 Å². The summed E-state index contributed by atoms with van der Waals surface area (Å²) in [6.45, 7) is 21.1. The van der Waals surface area contributed by atoms with Crippen molar-refractivity contribution in [1.29, 1.82) is 0 Å². The van der Waals surface area contributed by atoms with Gasteiger partial charge in [0.05, 0.1) is 11.3 Å². The largest absolute Gasteiger partial charge is 0.313 e. The molecule has 0 aromatic carbocycles. The van der Waals surface area contributed by atoms with Gasteiger partial charge in [0.25, 0.3) is 0 Å². The Morgan fingerprint density at radius 3 is 1.13 bits per heavy atom. The molecule has 0 fully saturated rings. The predicted octanol–water partition coefficient (Wildman–Crippen LogP) is 3.77. The van der Waals surface area contributed by atoms with Crippen LogP contribution in [0.4, 0.5) is 0 Å². The molecule has 23 heavy (non-hydrogen) atoms. The van der Waals surface area contributed by atoms with E-state index < -0.39 is 11.3 Å². The smallest absolute Gasteiger partial charge is 0.0662 e. The first-order chi connectivity index (χ1) is 9.96. The molecule has 8 N–H and O–H groups in total. The molecule has 0 spiro atoms. The summed E-state index contributed by atoms with van der Waals surface area (Å²) in [6.07, 6.45) is 3.51. The maximum atomic E-state index is 5.92. The first-order valence-corrected chi connectivity index (χ1v) is 9.12. The molecule has 2 unspecified atom stereocenters. The van der Waals surface area contributed by atoms with E-state index in [0.29, 0.717) is 11.8 Å². The molecule has 0 aliphatic carbocycles. The van der Waals surface area contributed by atoms with Gasteiger partial charge in [-0.25, -0.2) is 0 Å². The third kappa shape index (κ3) is 7.08. The number of hydrogen-bond acceptors (Lipinski definition) is 4. The highest BCUT2D eigenvalue weighted by molar-refractivity contribution is 4.92. The second kappa shape index (κ2) is 8.80. The Hall–Kier alpha value is -0.160. The molecule has 0 saturated heterocycles. The van der Waals surface area contributed by atoms with Gasteiger partial charge < -0.3 is 22.9 Å². The van der Waals surface area contributed by atoms with Crippen LogP contribution < -0.4 is 22.9 Å². The van der Waals surface area contributed by atoms with Crippen LogP contribution in [0.25, 0.3) is 0 Å². The SMILES string of the molecule is CCC(C)C(C)(C)C(C)(N)N.CCCC(C)C(C)(C)C(C)(N)N. The normalized spacial score (nSPS) is 16.4. The third-order valence-electron chi connectivity index (χ3n) is 6.57. The lowest BCUT2D eigenvalue weighted by Gasteiger charge is -2.43. The van der Waals surface area contributed by atoms with Gasteiger partial charge in [-0.1, -0.05) is 74.7 Å². The van der Waals surface area contributed by atoms with Crippen molar-refractivity contribution in [3.05, 3.63) is 0 Å². The van der Waals surface area contributed by atoms with E-state index in [0.717, 1.165) is 6.42 Å². The molecule has 0 saturated carbocycles.